The smallest absolute Gasteiger partial charge is 0.237 e. The van der Waals surface area contributed by atoms with E-state index in [0.717, 1.165) is 12.4 Å². The van der Waals surface area contributed by atoms with Gasteiger partial charge in [-0.3, -0.25) is 4.79 Å². The summed E-state index contributed by atoms with van der Waals surface area (Å²) in [7, 11) is 0. The zero-order valence-corrected chi connectivity index (χ0v) is 17.4. The Morgan fingerprint density at radius 1 is 1.34 bits per heavy atom. The first-order valence-electron chi connectivity index (χ1n) is 9.25. The Morgan fingerprint density at radius 3 is 2.83 bits per heavy atom. The molecule has 0 unspecified atom stereocenters. The van der Waals surface area contributed by atoms with Gasteiger partial charge in [0.15, 0.2) is 5.16 Å². The van der Waals surface area contributed by atoms with Crippen LogP contribution in [0.1, 0.15) is 37.5 Å². The maximum absolute atomic E-state index is 13.8. The predicted octanol–water partition coefficient (Wildman–Crippen LogP) is 3.14. The third-order valence-electron chi connectivity index (χ3n) is 4.16. The van der Waals surface area contributed by atoms with Gasteiger partial charge in [0, 0.05) is 24.9 Å². The zero-order valence-electron chi connectivity index (χ0n) is 16.6. The van der Waals surface area contributed by atoms with E-state index in [9.17, 15) is 9.18 Å². The van der Waals surface area contributed by atoms with Gasteiger partial charge < -0.3 is 14.8 Å². The maximum Gasteiger partial charge on any atom is 0.237 e. The molecule has 0 aliphatic carbocycles. The van der Waals surface area contributed by atoms with Crippen LogP contribution >= 0.6 is 11.8 Å². The van der Waals surface area contributed by atoms with Gasteiger partial charge in [-0.2, -0.15) is 4.98 Å². The molecule has 2 aromatic heterocycles. The van der Waals surface area contributed by atoms with Crippen LogP contribution in [0, 0.1) is 18.7 Å². The Kier molecular flexibility index (Phi) is 6.63. The lowest BCUT2D eigenvalue weighted by atomic mass is 10.1. The second-order valence-electron chi connectivity index (χ2n) is 7.13. The van der Waals surface area contributed by atoms with Crippen molar-refractivity contribution in [1.82, 2.24) is 24.9 Å². The molecule has 2 N–H and O–H groups in total. The van der Waals surface area contributed by atoms with Crippen LogP contribution in [0.2, 0.25) is 0 Å². The number of aromatic nitrogens is 5. The molecule has 0 spiro atoms. The average Bonchev–Trinajstić information content (AvgIpc) is 3.27. The Morgan fingerprint density at radius 2 is 2.14 bits per heavy atom. The topological polar surface area (TPSA) is 113 Å². The van der Waals surface area contributed by atoms with Crippen molar-refractivity contribution in [2.45, 2.75) is 51.1 Å². The Balaban J connectivity index is 1.71. The minimum Gasteiger partial charge on any atom is -0.370 e. The fourth-order valence-electron chi connectivity index (χ4n) is 2.68. The van der Waals surface area contributed by atoms with Crippen LogP contribution in [0.15, 0.2) is 27.9 Å². The van der Waals surface area contributed by atoms with E-state index in [0.29, 0.717) is 46.1 Å². The van der Waals surface area contributed by atoms with Gasteiger partial charge in [0.05, 0.1) is 5.75 Å². The highest BCUT2D eigenvalue weighted by Gasteiger charge is 2.17. The van der Waals surface area contributed by atoms with E-state index >= 15 is 0 Å². The van der Waals surface area contributed by atoms with Gasteiger partial charge in [0.2, 0.25) is 17.6 Å². The number of hydrogen-bond donors (Lipinski definition) is 1. The normalized spacial score (nSPS) is 11.3. The Bertz CT molecular complexity index is 1000. The number of amides is 1. The van der Waals surface area contributed by atoms with Crippen LogP contribution in [0.25, 0.3) is 11.4 Å². The number of aryl methyl sites for hydroxylation is 2. The lowest BCUT2D eigenvalue weighted by Gasteiger charge is -2.11. The van der Waals surface area contributed by atoms with Crippen LogP contribution in [0.5, 0.6) is 0 Å². The van der Waals surface area contributed by atoms with E-state index in [1.807, 2.05) is 4.57 Å². The number of primary amides is 1. The van der Waals surface area contributed by atoms with Gasteiger partial charge >= 0.3 is 0 Å². The SMILES string of the molecule is Cc1ccc(-c2noc(CSc3nnc(CCC(N)=O)n3CC(C)C)n2)cc1F. The van der Waals surface area contributed by atoms with Crippen molar-refractivity contribution in [2.75, 3.05) is 0 Å². The first kappa shape index (κ1) is 21.0. The van der Waals surface area contributed by atoms with Crippen molar-refractivity contribution < 1.29 is 13.7 Å². The van der Waals surface area contributed by atoms with Crippen LogP contribution in [0.4, 0.5) is 4.39 Å². The fraction of sp³-hybridized carbons (Fsp3) is 0.421. The minimum atomic E-state index is -0.371. The molecular formula is C19H23FN6O2S. The fourth-order valence-corrected chi connectivity index (χ4v) is 3.49. The number of halogens is 1. The zero-order chi connectivity index (χ0) is 21.0. The lowest BCUT2D eigenvalue weighted by Crippen LogP contribution is -2.15. The maximum atomic E-state index is 13.8. The van der Waals surface area contributed by atoms with Crippen molar-refractivity contribution in [2.24, 2.45) is 11.7 Å². The van der Waals surface area contributed by atoms with Crippen LogP contribution in [0.3, 0.4) is 0 Å². The highest BCUT2D eigenvalue weighted by atomic mass is 32.2. The number of thioether (sulfide) groups is 1. The van der Waals surface area contributed by atoms with E-state index in [-0.39, 0.29) is 18.1 Å². The molecule has 1 amide bonds. The molecule has 0 atom stereocenters. The number of nitrogens with two attached hydrogens (primary N) is 1. The summed E-state index contributed by atoms with van der Waals surface area (Å²) in [4.78, 5) is 15.4. The highest BCUT2D eigenvalue weighted by molar-refractivity contribution is 7.98. The molecule has 3 rings (SSSR count). The summed E-state index contributed by atoms with van der Waals surface area (Å²) < 4.78 is 21.1. The second kappa shape index (κ2) is 9.17. The van der Waals surface area contributed by atoms with Crippen LogP contribution in [-0.2, 0) is 23.5 Å². The number of carbonyl (C=O) groups excluding carboxylic acids is 1. The molecule has 0 bridgehead atoms. The first-order chi connectivity index (χ1) is 13.8. The van der Waals surface area contributed by atoms with Crippen molar-refractivity contribution >= 4 is 17.7 Å². The molecule has 29 heavy (non-hydrogen) atoms. The monoisotopic (exact) mass is 418 g/mol. The molecule has 8 nitrogen and oxygen atoms in total. The molecule has 0 aliphatic rings. The highest BCUT2D eigenvalue weighted by Crippen LogP contribution is 2.25. The van der Waals surface area contributed by atoms with Crippen molar-refractivity contribution in [1.29, 1.82) is 0 Å². The molecule has 0 aliphatic heterocycles. The Hall–Kier alpha value is -2.75. The molecule has 0 radical (unpaired) electrons. The molecule has 3 aromatic rings. The van der Waals surface area contributed by atoms with Gasteiger partial charge in [-0.05, 0) is 24.5 Å². The molecule has 2 heterocycles. The van der Waals surface area contributed by atoms with Crippen LogP contribution < -0.4 is 5.73 Å². The summed E-state index contributed by atoms with van der Waals surface area (Å²) in [5.74, 6) is 1.56. The third kappa shape index (κ3) is 5.41. The van der Waals surface area contributed by atoms with Crippen molar-refractivity contribution in [3.05, 3.63) is 41.3 Å². The Labute approximate surface area is 172 Å². The van der Waals surface area contributed by atoms with Gasteiger partial charge in [0.1, 0.15) is 11.6 Å². The molecule has 0 saturated heterocycles. The number of benzene rings is 1. The van der Waals surface area contributed by atoms with Gasteiger partial charge in [-0.25, -0.2) is 4.39 Å². The predicted molar refractivity (Wildman–Crippen MR) is 106 cm³/mol. The first-order valence-corrected chi connectivity index (χ1v) is 10.2. The standard InChI is InChI=1S/C19H23FN6O2S/c1-11(2)9-26-16(7-6-15(21)27)23-24-19(26)29-10-17-22-18(25-28-17)13-5-4-12(3)14(20)8-13/h4-5,8,11H,6-7,9-10H2,1-3H3,(H2,21,27). The molecule has 0 fully saturated rings. The number of nitrogens with zero attached hydrogens (tertiary/aromatic N) is 5. The lowest BCUT2D eigenvalue weighted by molar-refractivity contribution is -0.118. The number of hydrogen-bond acceptors (Lipinski definition) is 7. The number of carbonyl (C=O) groups is 1. The van der Waals surface area contributed by atoms with E-state index in [1.54, 1.807) is 19.1 Å². The van der Waals surface area contributed by atoms with E-state index in [2.05, 4.69) is 34.2 Å². The van der Waals surface area contributed by atoms with Gasteiger partial charge in [0.25, 0.3) is 0 Å². The van der Waals surface area contributed by atoms with Crippen molar-refractivity contribution in [3.8, 4) is 11.4 Å². The molecular weight excluding hydrogens is 395 g/mol. The van der Waals surface area contributed by atoms with Gasteiger partial charge in [-0.1, -0.05) is 42.9 Å². The minimum absolute atomic E-state index is 0.223. The summed E-state index contributed by atoms with van der Waals surface area (Å²) in [5, 5.41) is 13.1. The summed E-state index contributed by atoms with van der Waals surface area (Å²) in [5.41, 5.74) is 6.37. The summed E-state index contributed by atoms with van der Waals surface area (Å²) in [6.07, 6.45) is 0.667. The molecule has 0 saturated carbocycles. The van der Waals surface area contributed by atoms with Gasteiger partial charge in [-0.15, -0.1) is 10.2 Å². The van der Waals surface area contributed by atoms with Crippen LogP contribution in [-0.4, -0.2) is 30.8 Å². The quantitative estimate of drug-likeness (QED) is 0.531. The second-order valence-corrected chi connectivity index (χ2v) is 8.08. The van der Waals surface area contributed by atoms with E-state index < -0.39 is 0 Å². The summed E-state index contributed by atoms with van der Waals surface area (Å²) in [6.45, 7) is 6.61. The third-order valence-corrected chi connectivity index (χ3v) is 5.11. The van der Waals surface area contributed by atoms with E-state index in [4.69, 9.17) is 10.3 Å². The summed E-state index contributed by atoms with van der Waals surface area (Å²) in [6, 6.07) is 4.82. The van der Waals surface area contributed by atoms with E-state index in [1.165, 1.54) is 17.8 Å². The largest absolute Gasteiger partial charge is 0.370 e. The van der Waals surface area contributed by atoms with Crippen molar-refractivity contribution in [3.63, 3.8) is 0 Å². The molecule has 154 valence electrons. The average molecular weight is 418 g/mol. The molecule has 10 heteroatoms. The number of rotatable bonds is 9. The molecule has 1 aromatic carbocycles. The summed E-state index contributed by atoms with van der Waals surface area (Å²) >= 11 is 1.41.